The number of aliphatic carboxylic acids is 1. The Bertz CT molecular complexity index is 498. The molecule has 1 N–H and O–H groups in total. The molecule has 0 aliphatic carbocycles. The summed E-state index contributed by atoms with van der Waals surface area (Å²) in [6.45, 7) is 4.44. The minimum atomic E-state index is -0.910. The normalized spacial score (nSPS) is 22.6. The number of amides is 1. The second-order valence-electron chi connectivity index (χ2n) is 5.56. The molecule has 0 aromatic carbocycles. The van der Waals surface area contributed by atoms with Crippen LogP contribution in [0.5, 0.6) is 0 Å². The summed E-state index contributed by atoms with van der Waals surface area (Å²) >= 11 is 0. The second-order valence-corrected chi connectivity index (χ2v) is 5.56. The van der Waals surface area contributed by atoms with Crippen molar-refractivity contribution in [2.45, 2.75) is 39.2 Å². The molecule has 0 spiro atoms. The maximum Gasteiger partial charge on any atom is 0.326 e. The van der Waals surface area contributed by atoms with Crippen LogP contribution in [-0.2, 0) is 16.0 Å². The molecule has 1 aromatic heterocycles. The standard InChI is InChI=1S/C15H20N2O3/c1-10-5-6-17(13(7-10)15(19)20)14(18)8-12-4-3-11(2)16-9-12/h3-4,9-10,13H,5-8H2,1-2H3,(H,19,20). The highest BCUT2D eigenvalue weighted by Crippen LogP contribution is 2.23. The van der Waals surface area contributed by atoms with Gasteiger partial charge in [0.1, 0.15) is 6.04 Å². The summed E-state index contributed by atoms with van der Waals surface area (Å²) in [5, 5.41) is 9.27. The molecule has 2 heterocycles. The molecule has 0 radical (unpaired) electrons. The van der Waals surface area contributed by atoms with Crippen molar-refractivity contribution in [1.29, 1.82) is 0 Å². The van der Waals surface area contributed by atoms with Gasteiger partial charge in [0, 0.05) is 18.4 Å². The van der Waals surface area contributed by atoms with Gasteiger partial charge in [0.2, 0.25) is 5.91 Å². The molecule has 2 unspecified atom stereocenters. The number of pyridine rings is 1. The van der Waals surface area contributed by atoms with Gasteiger partial charge in [0.15, 0.2) is 0 Å². The number of piperidine rings is 1. The summed E-state index contributed by atoms with van der Waals surface area (Å²) in [4.78, 5) is 29.3. The van der Waals surface area contributed by atoms with E-state index in [1.165, 1.54) is 4.90 Å². The van der Waals surface area contributed by atoms with Crippen LogP contribution in [0.25, 0.3) is 0 Å². The minimum Gasteiger partial charge on any atom is -0.480 e. The topological polar surface area (TPSA) is 70.5 Å². The Kier molecular flexibility index (Phi) is 4.37. The number of carbonyl (C=O) groups is 2. The monoisotopic (exact) mass is 276 g/mol. The molecule has 0 bridgehead atoms. The van der Waals surface area contributed by atoms with Crippen LogP contribution in [0.2, 0.25) is 0 Å². The Morgan fingerprint density at radius 2 is 2.20 bits per heavy atom. The van der Waals surface area contributed by atoms with Crippen LogP contribution < -0.4 is 0 Å². The number of carboxylic acids is 1. The maximum absolute atomic E-state index is 12.3. The van der Waals surface area contributed by atoms with Crippen molar-refractivity contribution >= 4 is 11.9 Å². The lowest BCUT2D eigenvalue weighted by molar-refractivity contribution is -0.152. The number of rotatable bonds is 3. The zero-order valence-corrected chi connectivity index (χ0v) is 11.9. The highest BCUT2D eigenvalue weighted by Gasteiger charge is 2.34. The van der Waals surface area contributed by atoms with Gasteiger partial charge in [-0.15, -0.1) is 0 Å². The molecule has 1 aliphatic rings. The molecule has 1 amide bonds. The van der Waals surface area contributed by atoms with Gasteiger partial charge in [-0.2, -0.15) is 0 Å². The highest BCUT2D eigenvalue weighted by molar-refractivity contribution is 5.85. The van der Waals surface area contributed by atoms with E-state index in [9.17, 15) is 14.7 Å². The number of aryl methyl sites for hydroxylation is 1. The second kappa shape index (κ2) is 6.03. The summed E-state index contributed by atoms with van der Waals surface area (Å²) in [5.41, 5.74) is 1.72. The first kappa shape index (κ1) is 14.5. The molecule has 1 saturated heterocycles. The quantitative estimate of drug-likeness (QED) is 0.911. The molecule has 0 saturated carbocycles. The van der Waals surface area contributed by atoms with Gasteiger partial charge >= 0.3 is 5.97 Å². The van der Waals surface area contributed by atoms with Crippen LogP contribution in [0.4, 0.5) is 0 Å². The summed E-state index contributed by atoms with van der Waals surface area (Å²) in [5.74, 6) is -0.692. The van der Waals surface area contributed by atoms with Crippen molar-refractivity contribution in [3.63, 3.8) is 0 Å². The van der Waals surface area contributed by atoms with Crippen LogP contribution in [0.3, 0.4) is 0 Å². The van der Waals surface area contributed by atoms with Gasteiger partial charge < -0.3 is 10.0 Å². The van der Waals surface area contributed by atoms with Gasteiger partial charge in [-0.3, -0.25) is 9.78 Å². The van der Waals surface area contributed by atoms with Crippen molar-refractivity contribution in [2.75, 3.05) is 6.54 Å². The smallest absolute Gasteiger partial charge is 0.326 e. The molecule has 5 heteroatoms. The Hall–Kier alpha value is -1.91. The van der Waals surface area contributed by atoms with Gasteiger partial charge in [-0.25, -0.2) is 4.79 Å². The number of carbonyl (C=O) groups excluding carboxylic acids is 1. The number of carboxylic acid groups (broad SMARTS) is 1. The first-order chi connectivity index (χ1) is 9.47. The highest BCUT2D eigenvalue weighted by atomic mass is 16.4. The fourth-order valence-electron chi connectivity index (χ4n) is 2.55. The van der Waals surface area contributed by atoms with Crippen molar-refractivity contribution in [2.24, 2.45) is 5.92 Å². The molecule has 20 heavy (non-hydrogen) atoms. The molecular weight excluding hydrogens is 256 g/mol. The molecule has 1 aromatic rings. The molecule has 2 atom stereocenters. The van der Waals surface area contributed by atoms with E-state index in [0.717, 1.165) is 17.7 Å². The maximum atomic E-state index is 12.3. The van der Waals surface area contributed by atoms with Crippen molar-refractivity contribution in [3.8, 4) is 0 Å². The van der Waals surface area contributed by atoms with E-state index in [-0.39, 0.29) is 12.3 Å². The van der Waals surface area contributed by atoms with Gasteiger partial charge in [-0.1, -0.05) is 13.0 Å². The van der Waals surface area contributed by atoms with Gasteiger partial charge in [-0.05, 0) is 37.3 Å². The largest absolute Gasteiger partial charge is 0.480 e. The summed E-state index contributed by atoms with van der Waals surface area (Å²) < 4.78 is 0. The lowest BCUT2D eigenvalue weighted by Gasteiger charge is -2.36. The van der Waals surface area contributed by atoms with Crippen LogP contribution in [0.1, 0.15) is 31.0 Å². The minimum absolute atomic E-state index is 0.130. The van der Waals surface area contributed by atoms with Crippen LogP contribution in [0.15, 0.2) is 18.3 Å². The predicted molar refractivity (Wildman–Crippen MR) is 74.2 cm³/mol. The molecular formula is C15H20N2O3. The number of likely N-dealkylation sites (tertiary alicyclic amines) is 1. The van der Waals surface area contributed by atoms with Crippen LogP contribution in [0, 0.1) is 12.8 Å². The van der Waals surface area contributed by atoms with Crippen molar-refractivity contribution < 1.29 is 14.7 Å². The zero-order chi connectivity index (χ0) is 14.7. The van der Waals surface area contributed by atoms with E-state index >= 15 is 0 Å². The first-order valence-electron chi connectivity index (χ1n) is 6.91. The summed E-state index contributed by atoms with van der Waals surface area (Å²) in [7, 11) is 0. The molecule has 108 valence electrons. The third kappa shape index (κ3) is 3.35. The lowest BCUT2D eigenvalue weighted by Crippen LogP contribution is -2.50. The number of hydrogen-bond donors (Lipinski definition) is 1. The average molecular weight is 276 g/mol. The van der Waals surface area contributed by atoms with E-state index in [0.29, 0.717) is 18.9 Å². The fraction of sp³-hybridized carbons (Fsp3) is 0.533. The number of hydrogen-bond acceptors (Lipinski definition) is 3. The third-order valence-corrected chi connectivity index (χ3v) is 3.80. The Balaban J connectivity index is 2.06. The molecule has 1 fully saturated rings. The summed E-state index contributed by atoms with van der Waals surface area (Å²) in [6, 6.07) is 3.03. The molecule has 2 rings (SSSR count). The van der Waals surface area contributed by atoms with Crippen molar-refractivity contribution in [1.82, 2.24) is 9.88 Å². The van der Waals surface area contributed by atoms with E-state index in [1.807, 2.05) is 26.0 Å². The van der Waals surface area contributed by atoms with Crippen molar-refractivity contribution in [3.05, 3.63) is 29.6 Å². The van der Waals surface area contributed by atoms with Crippen LogP contribution >= 0.6 is 0 Å². The Labute approximate surface area is 118 Å². The number of nitrogens with zero attached hydrogens (tertiary/aromatic N) is 2. The Morgan fingerprint density at radius 3 is 2.80 bits per heavy atom. The van der Waals surface area contributed by atoms with E-state index in [1.54, 1.807) is 6.20 Å². The molecule has 5 nitrogen and oxygen atoms in total. The van der Waals surface area contributed by atoms with Gasteiger partial charge in [0.05, 0.1) is 6.42 Å². The summed E-state index contributed by atoms with van der Waals surface area (Å²) in [6.07, 6.45) is 3.29. The SMILES string of the molecule is Cc1ccc(CC(=O)N2CCC(C)CC2C(=O)O)cn1. The predicted octanol–water partition coefficient (Wildman–Crippen LogP) is 1.64. The van der Waals surface area contributed by atoms with E-state index < -0.39 is 12.0 Å². The van der Waals surface area contributed by atoms with E-state index in [4.69, 9.17) is 0 Å². The first-order valence-corrected chi connectivity index (χ1v) is 6.91. The number of aromatic nitrogens is 1. The Morgan fingerprint density at radius 1 is 1.45 bits per heavy atom. The zero-order valence-electron chi connectivity index (χ0n) is 11.9. The fourth-order valence-corrected chi connectivity index (χ4v) is 2.55. The average Bonchev–Trinajstić information content (AvgIpc) is 2.41. The van der Waals surface area contributed by atoms with Crippen LogP contribution in [-0.4, -0.2) is 39.5 Å². The molecule has 1 aliphatic heterocycles. The van der Waals surface area contributed by atoms with E-state index in [2.05, 4.69) is 4.98 Å². The lowest BCUT2D eigenvalue weighted by atomic mass is 9.92. The third-order valence-electron chi connectivity index (χ3n) is 3.80. The van der Waals surface area contributed by atoms with Gasteiger partial charge in [0.25, 0.3) is 0 Å².